The van der Waals surface area contributed by atoms with Gasteiger partial charge in [0.05, 0.1) is 19.7 Å². The molecule has 0 radical (unpaired) electrons. The summed E-state index contributed by atoms with van der Waals surface area (Å²) in [6.45, 7) is 0. The number of pyridine rings is 1. The van der Waals surface area contributed by atoms with Gasteiger partial charge in [-0.25, -0.2) is 0 Å². The van der Waals surface area contributed by atoms with Crippen molar-refractivity contribution in [1.29, 1.82) is 0 Å². The van der Waals surface area contributed by atoms with Gasteiger partial charge in [-0.05, 0) is 12.1 Å². The summed E-state index contributed by atoms with van der Waals surface area (Å²) < 4.78 is 10.0. The highest BCUT2D eigenvalue weighted by molar-refractivity contribution is 6.36. The molecule has 1 N–H and O–H groups in total. The Hall–Kier alpha value is -1.68. The Bertz CT molecular complexity index is 592. The lowest BCUT2D eigenvalue weighted by molar-refractivity contribution is 0.399. The molecule has 1 heterocycles. The van der Waals surface area contributed by atoms with Gasteiger partial charge in [0.25, 0.3) is 0 Å². The third-order valence-electron chi connectivity index (χ3n) is 2.32. The van der Waals surface area contributed by atoms with Gasteiger partial charge in [-0.3, -0.25) is 4.79 Å². The number of aromatic amines is 1. The molecule has 16 heavy (non-hydrogen) atoms. The van der Waals surface area contributed by atoms with E-state index in [1.165, 1.54) is 20.3 Å². The van der Waals surface area contributed by atoms with E-state index in [2.05, 4.69) is 4.98 Å². The zero-order chi connectivity index (χ0) is 11.7. The number of hydrogen-bond acceptors (Lipinski definition) is 3. The van der Waals surface area contributed by atoms with Gasteiger partial charge in [0.1, 0.15) is 10.8 Å². The number of fused-ring (bicyclic) bond motifs is 1. The summed E-state index contributed by atoms with van der Waals surface area (Å²) in [5, 5.41) is 0.877. The minimum atomic E-state index is -0.143. The van der Waals surface area contributed by atoms with Crippen molar-refractivity contribution in [2.75, 3.05) is 14.2 Å². The molecule has 0 aliphatic heterocycles. The van der Waals surface area contributed by atoms with E-state index in [-0.39, 0.29) is 5.43 Å². The first-order valence-corrected chi connectivity index (χ1v) is 4.98. The summed E-state index contributed by atoms with van der Waals surface area (Å²) in [5.74, 6) is 0.880. The highest BCUT2D eigenvalue weighted by Gasteiger charge is 2.09. The Balaban J connectivity index is 2.86. The van der Waals surface area contributed by atoms with Crippen LogP contribution >= 0.6 is 11.6 Å². The molecule has 4 nitrogen and oxygen atoms in total. The first-order chi connectivity index (χ1) is 7.67. The van der Waals surface area contributed by atoms with Gasteiger partial charge in [-0.1, -0.05) is 11.6 Å². The summed E-state index contributed by atoms with van der Waals surface area (Å²) >= 11 is 6.09. The zero-order valence-corrected chi connectivity index (χ0v) is 9.59. The molecule has 0 bridgehead atoms. The monoisotopic (exact) mass is 239 g/mol. The van der Waals surface area contributed by atoms with Crippen LogP contribution in [0, 0.1) is 0 Å². The van der Waals surface area contributed by atoms with Crippen LogP contribution in [0.1, 0.15) is 0 Å². The van der Waals surface area contributed by atoms with E-state index < -0.39 is 0 Å². The number of hydrogen-bond donors (Lipinski definition) is 1. The SMILES string of the molecule is COc1cc(=O)c2ccc(OC)c(Cl)c2[nH]1. The van der Waals surface area contributed by atoms with Crippen molar-refractivity contribution in [2.24, 2.45) is 0 Å². The fourth-order valence-electron chi connectivity index (χ4n) is 1.51. The van der Waals surface area contributed by atoms with Gasteiger partial charge in [0, 0.05) is 11.5 Å². The van der Waals surface area contributed by atoms with Crippen molar-refractivity contribution in [2.45, 2.75) is 0 Å². The van der Waals surface area contributed by atoms with Crippen molar-refractivity contribution in [3.8, 4) is 11.6 Å². The lowest BCUT2D eigenvalue weighted by atomic mass is 10.2. The molecule has 0 spiro atoms. The predicted molar refractivity (Wildman–Crippen MR) is 62.7 cm³/mol. The Morgan fingerprint density at radius 2 is 2.00 bits per heavy atom. The molecule has 5 heteroatoms. The molecule has 2 rings (SSSR count). The molecule has 0 unspecified atom stereocenters. The molecule has 0 saturated carbocycles. The summed E-state index contributed by atoms with van der Waals surface area (Å²) in [4.78, 5) is 14.6. The van der Waals surface area contributed by atoms with Crippen molar-refractivity contribution >= 4 is 22.5 Å². The number of ether oxygens (including phenoxy) is 2. The number of aromatic nitrogens is 1. The predicted octanol–water partition coefficient (Wildman–Crippen LogP) is 2.20. The van der Waals surface area contributed by atoms with E-state index in [0.717, 1.165) is 0 Å². The van der Waals surface area contributed by atoms with Gasteiger partial charge in [0.2, 0.25) is 0 Å². The number of methoxy groups -OCH3 is 2. The fourth-order valence-corrected chi connectivity index (χ4v) is 1.80. The van der Waals surface area contributed by atoms with Crippen LogP contribution in [0.25, 0.3) is 10.9 Å². The second kappa shape index (κ2) is 4.06. The molecule has 0 aliphatic carbocycles. The van der Waals surface area contributed by atoms with Crippen LogP contribution in [0.4, 0.5) is 0 Å². The molecule has 84 valence electrons. The first-order valence-electron chi connectivity index (χ1n) is 4.61. The third-order valence-corrected chi connectivity index (χ3v) is 2.70. The lowest BCUT2D eigenvalue weighted by Crippen LogP contribution is -2.04. The quantitative estimate of drug-likeness (QED) is 0.874. The van der Waals surface area contributed by atoms with Crippen molar-refractivity contribution in [1.82, 2.24) is 4.98 Å². The van der Waals surface area contributed by atoms with Crippen LogP contribution in [-0.2, 0) is 0 Å². The molecule has 2 aromatic rings. The maximum atomic E-state index is 11.7. The van der Waals surface area contributed by atoms with Gasteiger partial charge >= 0.3 is 0 Å². The van der Waals surface area contributed by atoms with E-state index in [1.807, 2.05) is 0 Å². The standard InChI is InChI=1S/C11H10ClNO3/c1-15-8-4-3-6-7(14)5-9(16-2)13-11(6)10(8)12/h3-5H,1-2H3,(H,13,14). The molecule has 1 aromatic heterocycles. The molecular formula is C11H10ClNO3. The number of H-pyrrole nitrogens is 1. The summed E-state index contributed by atoms with van der Waals surface area (Å²) in [7, 11) is 3.00. The highest BCUT2D eigenvalue weighted by Crippen LogP contribution is 2.30. The minimum Gasteiger partial charge on any atom is -0.495 e. The number of benzene rings is 1. The van der Waals surface area contributed by atoms with E-state index in [4.69, 9.17) is 21.1 Å². The number of halogens is 1. The van der Waals surface area contributed by atoms with Crippen LogP contribution in [-0.4, -0.2) is 19.2 Å². The molecular weight excluding hydrogens is 230 g/mol. The Kier molecular flexibility index (Phi) is 2.75. The fraction of sp³-hybridized carbons (Fsp3) is 0.182. The third kappa shape index (κ3) is 1.61. The highest BCUT2D eigenvalue weighted by atomic mass is 35.5. The topological polar surface area (TPSA) is 51.3 Å². The lowest BCUT2D eigenvalue weighted by Gasteiger charge is -2.07. The van der Waals surface area contributed by atoms with Gasteiger partial charge in [-0.15, -0.1) is 0 Å². The van der Waals surface area contributed by atoms with Gasteiger partial charge in [-0.2, -0.15) is 0 Å². The van der Waals surface area contributed by atoms with Gasteiger partial charge in [0.15, 0.2) is 11.3 Å². The summed E-state index contributed by atoms with van der Waals surface area (Å²) in [6, 6.07) is 4.70. The minimum absolute atomic E-state index is 0.143. The second-order valence-electron chi connectivity index (χ2n) is 3.21. The Labute approximate surface area is 96.8 Å². The number of nitrogens with one attached hydrogen (secondary N) is 1. The summed E-state index contributed by atoms with van der Waals surface area (Å²) in [5.41, 5.74) is 0.375. The molecule has 0 saturated heterocycles. The van der Waals surface area contributed by atoms with Crippen LogP contribution < -0.4 is 14.9 Å². The first kappa shape index (κ1) is 10.8. The second-order valence-corrected chi connectivity index (χ2v) is 3.58. The van der Waals surface area contributed by atoms with Crippen LogP contribution in [0.15, 0.2) is 23.0 Å². The molecule has 0 aliphatic rings. The largest absolute Gasteiger partial charge is 0.495 e. The number of rotatable bonds is 2. The van der Waals surface area contributed by atoms with Crippen molar-refractivity contribution < 1.29 is 9.47 Å². The van der Waals surface area contributed by atoms with Gasteiger partial charge < -0.3 is 14.5 Å². The summed E-state index contributed by atoms with van der Waals surface area (Å²) in [6.07, 6.45) is 0. The van der Waals surface area contributed by atoms with E-state index in [0.29, 0.717) is 27.6 Å². The van der Waals surface area contributed by atoms with Crippen molar-refractivity contribution in [3.05, 3.63) is 33.4 Å². The normalized spacial score (nSPS) is 10.4. The maximum Gasteiger partial charge on any atom is 0.194 e. The van der Waals surface area contributed by atoms with Crippen LogP contribution in [0.3, 0.4) is 0 Å². The van der Waals surface area contributed by atoms with Crippen LogP contribution in [0.5, 0.6) is 11.6 Å². The van der Waals surface area contributed by atoms with Crippen molar-refractivity contribution in [3.63, 3.8) is 0 Å². The smallest absolute Gasteiger partial charge is 0.194 e. The molecule has 0 amide bonds. The molecule has 0 fully saturated rings. The average molecular weight is 240 g/mol. The van der Waals surface area contributed by atoms with E-state index in [9.17, 15) is 4.79 Å². The zero-order valence-electron chi connectivity index (χ0n) is 8.83. The van der Waals surface area contributed by atoms with E-state index >= 15 is 0 Å². The maximum absolute atomic E-state index is 11.7. The Morgan fingerprint density at radius 3 is 2.62 bits per heavy atom. The molecule has 0 atom stereocenters. The van der Waals surface area contributed by atoms with E-state index in [1.54, 1.807) is 12.1 Å². The molecule has 1 aromatic carbocycles. The van der Waals surface area contributed by atoms with Crippen LogP contribution in [0.2, 0.25) is 5.02 Å². The average Bonchev–Trinajstić information content (AvgIpc) is 2.30. The Morgan fingerprint density at radius 1 is 1.25 bits per heavy atom.